The van der Waals surface area contributed by atoms with Crippen molar-refractivity contribution in [2.75, 3.05) is 12.4 Å². The van der Waals surface area contributed by atoms with E-state index in [-0.39, 0.29) is 24.1 Å². The minimum absolute atomic E-state index is 0.107. The molecule has 0 aliphatic carbocycles. The molecule has 2 aromatic carbocycles. The third-order valence-corrected chi connectivity index (χ3v) is 4.93. The van der Waals surface area contributed by atoms with Crippen LogP contribution in [0.2, 0.25) is 0 Å². The molecule has 2 amide bonds. The molecule has 3 aromatic rings. The predicted octanol–water partition coefficient (Wildman–Crippen LogP) is 3.47. The van der Waals surface area contributed by atoms with Gasteiger partial charge in [0, 0.05) is 36.3 Å². The van der Waals surface area contributed by atoms with Crippen molar-refractivity contribution in [1.29, 1.82) is 0 Å². The molecule has 0 bridgehead atoms. The van der Waals surface area contributed by atoms with Crippen LogP contribution < -0.4 is 5.32 Å². The van der Waals surface area contributed by atoms with E-state index in [2.05, 4.69) is 10.3 Å². The maximum atomic E-state index is 13.6. The van der Waals surface area contributed by atoms with Crippen LogP contribution in [-0.4, -0.2) is 28.7 Å². The lowest BCUT2D eigenvalue weighted by atomic mass is 9.92. The summed E-state index contributed by atoms with van der Waals surface area (Å²) in [6, 6.07) is 13.1. The van der Waals surface area contributed by atoms with Crippen molar-refractivity contribution in [1.82, 2.24) is 9.88 Å². The molecule has 0 radical (unpaired) electrons. The molecule has 132 valence electrons. The molecule has 2 heterocycles. The number of H-pyrrole nitrogens is 1. The van der Waals surface area contributed by atoms with Gasteiger partial charge < -0.3 is 15.2 Å². The van der Waals surface area contributed by atoms with Gasteiger partial charge in [-0.3, -0.25) is 9.59 Å². The first-order valence-electron chi connectivity index (χ1n) is 8.42. The highest BCUT2D eigenvalue weighted by Crippen LogP contribution is 2.38. The standard InChI is InChI=1S/C20H18FN3O2/c1-24-18(25)11-16(19(24)13-3-2-4-14(21)9-13)20(26)23-15-5-6-17-12(10-15)7-8-22-17/h2-10,16,19,22H,11H2,1H3,(H,23,26)/t16-,19-/m1/s1. The molecule has 1 saturated heterocycles. The van der Waals surface area contributed by atoms with Crippen molar-refractivity contribution < 1.29 is 14.0 Å². The van der Waals surface area contributed by atoms with Gasteiger partial charge in [0.15, 0.2) is 0 Å². The Labute approximate surface area is 149 Å². The van der Waals surface area contributed by atoms with Crippen molar-refractivity contribution >= 4 is 28.4 Å². The first-order chi connectivity index (χ1) is 12.5. The first kappa shape index (κ1) is 16.3. The molecule has 0 unspecified atom stereocenters. The van der Waals surface area contributed by atoms with Gasteiger partial charge in [-0.1, -0.05) is 12.1 Å². The average molecular weight is 351 g/mol. The summed E-state index contributed by atoms with van der Waals surface area (Å²) in [5.41, 5.74) is 2.28. The molecule has 2 N–H and O–H groups in total. The molecule has 1 aliphatic heterocycles. The van der Waals surface area contributed by atoms with Crippen LogP contribution in [0.1, 0.15) is 18.0 Å². The molecule has 2 atom stereocenters. The van der Waals surface area contributed by atoms with Crippen LogP contribution in [0, 0.1) is 11.7 Å². The number of fused-ring (bicyclic) bond motifs is 1. The summed E-state index contributed by atoms with van der Waals surface area (Å²) in [6.45, 7) is 0. The van der Waals surface area contributed by atoms with E-state index in [9.17, 15) is 14.0 Å². The number of carbonyl (C=O) groups excluding carboxylic acids is 2. The van der Waals surface area contributed by atoms with Gasteiger partial charge in [-0.05, 0) is 42.0 Å². The maximum Gasteiger partial charge on any atom is 0.230 e. The zero-order chi connectivity index (χ0) is 18.3. The third-order valence-electron chi connectivity index (χ3n) is 4.93. The fourth-order valence-electron chi connectivity index (χ4n) is 3.62. The van der Waals surface area contributed by atoms with Crippen molar-refractivity contribution in [3.8, 4) is 0 Å². The highest BCUT2D eigenvalue weighted by molar-refractivity contribution is 5.99. The second-order valence-electron chi connectivity index (χ2n) is 6.58. The topological polar surface area (TPSA) is 65.2 Å². The number of hydrogen-bond donors (Lipinski definition) is 2. The summed E-state index contributed by atoms with van der Waals surface area (Å²) in [5, 5.41) is 3.89. The Balaban J connectivity index is 1.61. The molecule has 1 aromatic heterocycles. The maximum absolute atomic E-state index is 13.6. The Bertz CT molecular complexity index is 997. The SMILES string of the molecule is CN1C(=O)C[C@@H](C(=O)Nc2ccc3[nH]ccc3c2)[C@H]1c1cccc(F)c1. The van der Waals surface area contributed by atoms with Crippen LogP contribution in [-0.2, 0) is 9.59 Å². The Morgan fingerprint density at radius 2 is 2.08 bits per heavy atom. The number of aromatic amines is 1. The summed E-state index contributed by atoms with van der Waals surface area (Å²) in [5.74, 6) is -1.32. The lowest BCUT2D eigenvalue weighted by Crippen LogP contribution is -2.30. The number of likely N-dealkylation sites (tertiary alicyclic amines) is 1. The monoisotopic (exact) mass is 351 g/mol. The minimum Gasteiger partial charge on any atom is -0.361 e. The molecule has 26 heavy (non-hydrogen) atoms. The number of nitrogens with one attached hydrogen (secondary N) is 2. The Morgan fingerprint density at radius 1 is 1.23 bits per heavy atom. The number of amides is 2. The zero-order valence-electron chi connectivity index (χ0n) is 14.2. The number of nitrogens with zero attached hydrogens (tertiary/aromatic N) is 1. The number of rotatable bonds is 3. The number of anilines is 1. The molecular weight excluding hydrogens is 333 g/mol. The van der Waals surface area contributed by atoms with Gasteiger partial charge in [0.25, 0.3) is 0 Å². The quantitative estimate of drug-likeness (QED) is 0.759. The van der Waals surface area contributed by atoms with Gasteiger partial charge in [0.1, 0.15) is 5.82 Å². The molecule has 1 fully saturated rings. The highest BCUT2D eigenvalue weighted by atomic mass is 19.1. The number of aromatic nitrogens is 1. The minimum atomic E-state index is -0.573. The van der Waals surface area contributed by atoms with Crippen LogP contribution >= 0.6 is 0 Å². The molecule has 0 spiro atoms. The van der Waals surface area contributed by atoms with Gasteiger partial charge in [0.05, 0.1) is 12.0 Å². The van der Waals surface area contributed by atoms with E-state index < -0.39 is 12.0 Å². The molecule has 6 heteroatoms. The van der Waals surface area contributed by atoms with E-state index in [1.807, 2.05) is 30.5 Å². The van der Waals surface area contributed by atoms with Gasteiger partial charge in [-0.25, -0.2) is 4.39 Å². The Kier molecular flexibility index (Phi) is 3.95. The summed E-state index contributed by atoms with van der Waals surface area (Å²) in [4.78, 5) is 29.7. The van der Waals surface area contributed by atoms with Gasteiger partial charge in [-0.2, -0.15) is 0 Å². The fraction of sp³-hybridized carbons (Fsp3) is 0.200. The second kappa shape index (κ2) is 6.29. The van der Waals surface area contributed by atoms with Crippen molar-refractivity contribution in [2.45, 2.75) is 12.5 Å². The van der Waals surface area contributed by atoms with Crippen LogP contribution in [0.4, 0.5) is 10.1 Å². The third kappa shape index (κ3) is 2.83. The lowest BCUT2D eigenvalue weighted by Gasteiger charge is -2.25. The smallest absolute Gasteiger partial charge is 0.230 e. The predicted molar refractivity (Wildman–Crippen MR) is 96.9 cm³/mol. The van der Waals surface area contributed by atoms with Crippen LogP contribution in [0.5, 0.6) is 0 Å². The number of carbonyl (C=O) groups is 2. The lowest BCUT2D eigenvalue weighted by molar-refractivity contribution is -0.128. The number of halogens is 1. The zero-order valence-corrected chi connectivity index (χ0v) is 14.2. The highest BCUT2D eigenvalue weighted by Gasteiger charge is 2.42. The second-order valence-corrected chi connectivity index (χ2v) is 6.58. The number of benzene rings is 2. The fourth-order valence-corrected chi connectivity index (χ4v) is 3.62. The largest absolute Gasteiger partial charge is 0.361 e. The van der Waals surface area contributed by atoms with E-state index in [4.69, 9.17) is 0 Å². The summed E-state index contributed by atoms with van der Waals surface area (Å²) in [6.07, 6.45) is 1.94. The van der Waals surface area contributed by atoms with Gasteiger partial charge >= 0.3 is 0 Å². The van der Waals surface area contributed by atoms with E-state index in [1.165, 1.54) is 17.0 Å². The van der Waals surface area contributed by atoms with E-state index >= 15 is 0 Å². The van der Waals surface area contributed by atoms with E-state index in [0.717, 1.165) is 10.9 Å². The average Bonchev–Trinajstić information content (AvgIpc) is 3.19. The van der Waals surface area contributed by atoms with Crippen LogP contribution in [0.3, 0.4) is 0 Å². The Hall–Kier alpha value is -3.15. The van der Waals surface area contributed by atoms with Gasteiger partial charge in [0.2, 0.25) is 11.8 Å². The summed E-state index contributed by atoms with van der Waals surface area (Å²) in [7, 11) is 1.65. The number of hydrogen-bond acceptors (Lipinski definition) is 2. The summed E-state index contributed by atoms with van der Waals surface area (Å²) < 4.78 is 13.6. The molecule has 5 nitrogen and oxygen atoms in total. The summed E-state index contributed by atoms with van der Waals surface area (Å²) >= 11 is 0. The van der Waals surface area contributed by atoms with Crippen molar-refractivity contribution in [2.24, 2.45) is 5.92 Å². The van der Waals surface area contributed by atoms with Gasteiger partial charge in [-0.15, -0.1) is 0 Å². The van der Waals surface area contributed by atoms with Crippen molar-refractivity contribution in [3.63, 3.8) is 0 Å². The van der Waals surface area contributed by atoms with Crippen LogP contribution in [0.25, 0.3) is 10.9 Å². The molecular formula is C20H18FN3O2. The van der Waals surface area contributed by atoms with E-state index in [1.54, 1.807) is 19.2 Å². The first-order valence-corrected chi connectivity index (χ1v) is 8.42. The van der Waals surface area contributed by atoms with E-state index in [0.29, 0.717) is 11.3 Å². The molecule has 1 aliphatic rings. The molecule has 0 saturated carbocycles. The normalized spacial score (nSPS) is 19.9. The van der Waals surface area contributed by atoms with Crippen molar-refractivity contribution in [3.05, 3.63) is 66.1 Å². The molecule has 4 rings (SSSR count). The Morgan fingerprint density at radius 3 is 2.88 bits per heavy atom. The van der Waals surface area contributed by atoms with Crippen LogP contribution in [0.15, 0.2) is 54.7 Å².